The molecule has 1 N–H and O–H groups in total. The predicted molar refractivity (Wildman–Crippen MR) is 87.3 cm³/mol. The van der Waals surface area contributed by atoms with Gasteiger partial charge in [0.25, 0.3) is 0 Å². The van der Waals surface area contributed by atoms with E-state index in [9.17, 15) is 0 Å². The molecule has 0 radical (unpaired) electrons. The average Bonchev–Trinajstić information content (AvgIpc) is 2.42. The number of anilines is 1. The maximum absolute atomic E-state index is 5.71. The number of nitrogens with one attached hydrogen (secondary N) is 1. The summed E-state index contributed by atoms with van der Waals surface area (Å²) in [5.41, 5.74) is 3.24. The zero-order valence-electron chi connectivity index (χ0n) is 11.0. The van der Waals surface area contributed by atoms with E-state index >= 15 is 0 Å². The van der Waals surface area contributed by atoms with Crippen molar-refractivity contribution in [2.75, 3.05) is 11.9 Å². The molecule has 3 rings (SSSR count). The van der Waals surface area contributed by atoms with Gasteiger partial charge in [0.1, 0.15) is 10.4 Å². The van der Waals surface area contributed by atoms with E-state index in [0.717, 1.165) is 39.2 Å². The first-order chi connectivity index (χ1) is 9.63. The van der Waals surface area contributed by atoms with Crippen molar-refractivity contribution < 1.29 is 4.74 Å². The zero-order chi connectivity index (χ0) is 14.1. The van der Waals surface area contributed by atoms with Crippen molar-refractivity contribution >= 4 is 37.5 Å². The Hall–Kier alpha value is -1.07. The number of hydrogen-bond acceptors (Lipinski definition) is 3. The lowest BCUT2D eigenvalue weighted by atomic mass is 10.00. The van der Waals surface area contributed by atoms with E-state index < -0.39 is 0 Å². The van der Waals surface area contributed by atoms with Crippen LogP contribution in [0.3, 0.4) is 0 Å². The van der Waals surface area contributed by atoms with E-state index in [-0.39, 0.29) is 6.04 Å². The largest absolute Gasteiger partial charge is 0.493 e. The van der Waals surface area contributed by atoms with Gasteiger partial charge in [-0.1, -0.05) is 15.9 Å². The summed E-state index contributed by atoms with van der Waals surface area (Å²) in [6.45, 7) is 2.74. The number of hydrogen-bond donors (Lipinski definition) is 1. The molecular weight excluding hydrogens is 384 g/mol. The lowest BCUT2D eigenvalue weighted by Crippen LogP contribution is -2.20. The Kier molecular flexibility index (Phi) is 3.98. The van der Waals surface area contributed by atoms with Gasteiger partial charge in [0.2, 0.25) is 0 Å². The summed E-state index contributed by atoms with van der Waals surface area (Å²) in [4.78, 5) is 4.43. The molecule has 0 bridgehead atoms. The molecule has 1 aliphatic rings. The Labute approximate surface area is 135 Å². The molecule has 1 aromatic carbocycles. The Bertz CT molecular complexity index is 646. The molecule has 1 atom stereocenters. The molecule has 0 amide bonds. The molecule has 0 spiro atoms. The van der Waals surface area contributed by atoms with Gasteiger partial charge in [-0.15, -0.1) is 0 Å². The lowest BCUT2D eigenvalue weighted by molar-refractivity contribution is 0.274. The highest BCUT2D eigenvalue weighted by Crippen LogP contribution is 2.36. The molecule has 0 aliphatic carbocycles. The third-order valence-corrected chi connectivity index (χ3v) is 4.33. The first-order valence-corrected chi connectivity index (χ1v) is 8.04. The third-order valence-electron chi connectivity index (χ3n) is 3.39. The molecule has 0 saturated carbocycles. The van der Waals surface area contributed by atoms with Crippen LogP contribution in [0.15, 0.2) is 39.4 Å². The predicted octanol–water partition coefficient (Wildman–Crippen LogP) is 4.85. The second-order valence-corrected chi connectivity index (χ2v) is 6.51. The van der Waals surface area contributed by atoms with Crippen LogP contribution in [0.2, 0.25) is 0 Å². The number of pyridine rings is 1. The van der Waals surface area contributed by atoms with Crippen molar-refractivity contribution in [2.45, 2.75) is 19.4 Å². The van der Waals surface area contributed by atoms with Crippen molar-refractivity contribution in [3.8, 4) is 5.75 Å². The highest BCUT2D eigenvalue weighted by atomic mass is 79.9. The molecule has 20 heavy (non-hydrogen) atoms. The molecule has 1 aliphatic heterocycles. The van der Waals surface area contributed by atoms with Gasteiger partial charge in [0, 0.05) is 16.5 Å². The first kappa shape index (κ1) is 13.9. The SMILES string of the molecule is Cc1nc(Br)ccc1NC1CCOc2ccc(Br)cc21. The summed E-state index contributed by atoms with van der Waals surface area (Å²) in [6, 6.07) is 10.4. The maximum atomic E-state index is 5.71. The molecule has 104 valence electrons. The number of aromatic nitrogens is 1. The molecular formula is C15H14Br2N2O. The van der Waals surface area contributed by atoms with Crippen LogP contribution in [0.1, 0.15) is 23.7 Å². The lowest BCUT2D eigenvalue weighted by Gasteiger charge is -2.28. The molecule has 0 saturated heterocycles. The summed E-state index contributed by atoms with van der Waals surface area (Å²) >= 11 is 6.92. The van der Waals surface area contributed by atoms with Crippen LogP contribution in [0, 0.1) is 6.92 Å². The smallest absolute Gasteiger partial charge is 0.124 e. The monoisotopic (exact) mass is 396 g/mol. The Morgan fingerprint density at radius 3 is 2.90 bits per heavy atom. The van der Waals surface area contributed by atoms with E-state index in [1.807, 2.05) is 25.1 Å². The van der Waals surface area contributed by atoms with Gasteiger partial charge in [-0.25, -0.2) is 4.98 Å². The number of ether oxygens (including phenoxy) is 1. The van der Waals surface area contributed by atoms with Crippen LogP contribution in [0.4, 0.5) is 5.69 Å². The van der Waals surface area contributed by atoms with E-state index in [1.54, 1.807) is 0 Å². The average molecular weight is 398 g/mol. The van der Waals surface area contributed by atoms with Gasteiger partial charge < -0.3 is 10.1 Å². The van der Waals surface area contributed by atoms with Gasteiger partial charge in [0.05, 0.1) is 24.0 Å². The topological polar surface area (TPSA) is 34.2 Å². The summed E-state index contributed by atoms with van der Waals surface area (Å²) in [5, 5.41) is 3.58. The van der Waals surface area contributed by atoms with Crippen molar-refractivity contribution in [1.29, 1.82) is 0 Å². The minimum absolute atomic E-state index is 0.248. The molecule has 5 heteroatoms. The highest BCUT2D eigenvalue weighted by Gasteiger charge is 2.22. The van der Waals surface area contributed by atoms with E-state index in [2.05, 4.69) is 54.3 Å². The summed E-state index contributed by atoms with van der Waals surface area (Å²) in [7, 11) is 0. The quantitative estimate of drug-likeness (QED) is 0.735. The van der Waals surface area contributed by atoms with Gasteiger partial charge in [-0.05, 0) is 53.2 Å². The minimum atomic E-state index is 0.248. The fourth-order valence-electron chi connectivity index (χ4n) is 2.39. The Morgan fingerprint density at radius 1 is 1.25 bits per heavy atom. The first-order valence-electron chi connectivity index (χ1n) is 6.45. The van der Waals surface area contributed by atoms with Crippen LogP contribution in [-0.2, 0) is 0 Å². The second-order valence-electron chi connectivity index (χ2n) is 4.78. The summed E-state index contributed by atoms with van der Waals surface area (Å²) in [5.74, 6) is 0.958. The van der Waals surface area contributed by atoms with E-state index in [1.165, 1.54) is 5.56 Å². The second kappa shape index (κ2) is 5.74. The maximum Gasteiger partial charge on any atom is 0.124 e. The molecule has 3 nitrogen and oxygen atoms in total. The fraction of sp³-hybridized carbons (Fsp3) is 0.267. The standard InChI is InChI=1S/C15H14Br2N2O/c1-9-12(3-5-15(17)18-9)19-13-6-7-20-14-4-2-10(16)8-11(13)14/h2-5,8,13,19H,6-7H2,1H3. The van der Waals surface area contributed by atoms with Crippen LogP contribution in [-0.4, -0.2) is 11.6 Å². The Balaban J connectivity index is 1.91. The van der Waals surface area contributed by atoms with Gasteiger partial charge in [-0.2, -0.15) is 0 Å². The minimum Gasteiger partial charge on any atom is -0.493 e. The molecule has 1 aromatic heterocycles. The van der Waals surface area contributed by atoms with Crippen LogP contribution in [0.5, 0.6) is 5.75 Å². The molecule has 2 aromatic rings. The van der Waals surface area contributed by atoms with Crippen molar-refractivity contribution in [3.05, 3.63) is 50.7 Å². The van der Waals surface area contributed by atoms with E-state index in [0.29, 0.717) is 0 Å². The highest BCUT2D eigenvalue weighted by molar-refractivity contribution is 9.10. The van der Waals surface area contributed by atoms with Gasteiger partial charge >= 0.3 is 0 Å². The van der Waals surface area contributed by atoms with Crippen LogP contribution in [0.25, 0.3) is 0 Å². The number of benzene rings is 1. The van der Waals surface area contributed by atoms with Crippen molar-refractivity contribution in [3.63, 3.8) is 0 Å². The Morgan fingerprint density at radius 2 is 2.10 bits per heavy atom. The molecule has 1 unspecified atom stereocenters. The van der Waals surface area contributed by atoms with E-state index in [4.69, 9.17) is 4.74 Å². The van der Waals surface area contributed by atoms with Crippen LogP contribution >= 0.6 is 31.9 Å². The van der Waals surface area contributed by atoms with Gasteiger partial charge in [-0.3, -0.25) is 0 Å². The molecule has 0 fully saturated rings. The van der Waals surface area contributed by atoms with Crippen LogP contribution < -0.4 is 10.1 Å². The van der Waals surface area contributed by atoms with Crippen molar-refractivity contribution in [2.24, 2.45) is 0 Å². The fourth-order valence-corrected chi connectivity index (χ4v) is 3.16. The van der Waals surface area contributed by atoms with Gasteiger partial charge in [0.15, 0.2) is 0 Å². The summed E-state index contributed by atoms with van der Waals surface area (Å²) < 4.78 is 7.64. The number of halogens is 2. The third kappa shape index (κ3) is 2.83. The number of nitrogens with zero attached hydrogens (tertiary/aromatic N) is 1. The van der Waals surface area contributed by atoms with Crippen molar-refractivity contribution in [1.82, 2.24) is 4.98 Å². The number of aryl methyl sites for hydroxylation is 1. The number of rotatable bonds is 2. The zero-order valence-corrected chi connectivity index (χ0v) is 14.2. The number of fused-ring (bicyclic) bond motifs is 1. The summed E-state index contributed by atoms with van der Waals surface area (Å²) in [6.07, 6.45) is 0.943. The molecule has 2 heterocycles. The normalized spacial score (nSPS) is 17.2.